The van der Waals surface area contributed by atoms with Crippen LogP contribution < -0.4 is 11.1 Å². The van der Waals surface area contributed by atoms with Crippen molar-refractivity contribution in [3.63, 3.8) is 0 Å². The monoisotopic (exact) mass is 265 g/mol. The highest BCUT2D eigenvalue weighted by Gasteiger charge is 2.08. The number of nitrogens with one attached hydrogen (secondary N) is 1. The molecule has 94 valence electrons. The lowest BCUT2D eigenvalue weighted by atomic mass is 10.3. The Balaban J connectivity index is 2.01. The lowest BCUT2D eigenvalue weighted by Crippen LogP contribution is -2.21. The number of amides is 1. The van der Waals surface area contributed by atoms with Crippen molar-refractivity contribution in [3.8, 4) is 0 Å². The summed E-state index contributed by atoms with van der Waals surface area (Å²) in [6, 6.07) is 6.93. The fraction of sp³-hybridized carbons (Fsp3) is 0.182. The van der Waals surface area contributed by atoms with Crippen LogP contribution in [0.25, 0.3) is 0 Å². The molecule has 6 nitrogen and oxygen atoms in total. The standard InChI is InChI=1S/C11H12ClN5O/c12-8-2-1-3-9(4-8)15-11(18)7-17-10(5-13)6-14-16-17/h1-4,6H,5,7,13H2,(H,15,18). The van der Waals surface area contributed by atoms with Crippen LogP contribution in [-0.2, 0) is 17.9 Å². The van der Waals surface area contributed by atoms with Gasteiger partial charge in [0.15, 0.2) is 0 Å². The topological polar surface area (TPSA) is 85.8 Å². The molecule has 1 amide bonds. The molecule has 0 saturated heterocycles. The number of anilines is 1. The molecule has 1 aromatic carbocycles. The highest BCUT2D eigenvalue weighted by atomic mass is 35.5. The number of benzene rings is 1. The molecular formula is C11H12ClN5O. The maximum Gasteiger partial charge on any atom is 0.246 e. The maximum atomic E-state index is 11.8. The zero-order chi connectivity index (χ0) is 13.0. The summed E-state index contributed by atoms with van der Waals surface area (Å²) in [7, 11) is 0. The normalized spacial score (nSPS) is 10.3. The Kier molecular flexibility index (Phi) is 3.91. The van der Waals surface area contributed by atoms with Crippen molar-refractivity contribution in [2.45, 2.75) is 13.1 Å². The number of hydrogen-bond acceptors (Lipinski definition) is 4. The van der Waals surface area contributed by atoms with Crippen LogP contribution >= 0.6 is 11.6 Å². The molecule has 0 atom stereocenters. The lowest BCUT2D eigenvalue weighted by molar-refractivity contribution is -0.117. The van der Waals surface area contributed by atoms with Crippen molar-refractivity contribution in [3.05, 3.63) is 41.2 Å². The molecular weight excluding hydrogens is 254 g/mol. The molecule has 2 aromatic rings. The highest BCUT2D eigenvalue weighted by Crippen LogP contribution is 2.14. The van der Waals surface area contributed by atoms with E-state index in [4.69, 9.17) is 17.3 Å². The van der Waals surface area contributed by atoms with Crippen LogP contribution in [0.15, 0.2) is 30.5 Å². The van der Waals surface area contributed by atoms with Crippen molar-refractivity contribution < 1.29 is 4.79 Å². The molecule has 0 unspecified atom stereocenters. The zero-order valence-electron chi connectivity index (χ0n) is 9.51. The number of nitrogens with two attached hydrogens (primary N) is 1. The summed E-state index contributed by atoms with van der Waals surface area (Å²) >= 11 is 5.82. The lowest BCUT2D eigenvalue weighted by Gasteiger charge is -2.06. The largest absolute Gasteiger partial charge is 0.325 e. The van der Waals surface area contributed by atoms with Gasteiger partial charge in [0.25, 0.3) is 0 Å². The maximum absolute atomic E-state index is 11.8. The minimum atomic E-state index is -0.211. The van der Waals surface area contributed by atoms with E-state index in [1.165, 1.54) is 10.9 Å². The third-order valence-corrected chi connectivity index (χ3v) is 2.54. The molecule has 0 radical (unpaired) electrons. The fourth-order valence-electron chi connectivity index (χ4n) is 1.47. The van der Waals surface area contributed by atoms with Crippen LogP contribution in [0.4, 0.5) is 5.69 Å². The van der Waals surface area contributed by atoms with Gasteiger partial charge in [-0.05, 0) is 18.2 Å². The number of carbonyl (C=O) groups excluding carboxylic acids is 1. The van der Waals surface area contributed by atoms with Crippen LogP contribution in [0.5, 0.6) is 0 Å². The predicted octanol–water partition coefficient (Wildman–Crippen LogP) is 1.03. The fourth-order valence-corrected chi connectivity index (χ4v) is 1.66. The zero-order valence-corrected chi connectivity index (χ0v) is 10.3. The Morgan fingerprint density at radius 2 is 2.33 bits per heavy atom. The van der Waals surface area contributed by atoms with Gasteiger partial charge in [0.1, 0.15) is 6.54 Å². The second-order valence-electron chi connectivity index (χ2n) is 3.65. The van der Waals surface area contributed by atoms with Gasteiger partial charge in [0.05, 0.1) is 11.9 Å². The molecule has 0 fully saturated rings. The Morgan fingerprint density at radius 3 is 3.06 bits per heavy atom. The Morgan fingerprint density at radius 1 is 1.50 bits per heavy atom. The van der Waals surface area contributed by atoms with E-state index < -0.39 is 0 Å². The van der Waals surface area contributed by atoms with E-state index in [0.717, 1.165) is 0 Å². The second-order valence-corrected chi connectivity index (χ2v) is 4.08. The minimum Gasteiger partial charge on any atom is -0.325 e. The van der Waals surface area contributed by atoms with E-state index in [9.17, 15) is 4.79 Å². The highest BCUT2D eigenvalue weighted by molar-refractivity contribution is 6.30. The van der Waals surface area contributed by atoms with Gasteiger partial charge in [0.2, 0.25) is 5.91 Å². The van der Waals surface area contributed by atoms with Crippen LogP contribution in [0.2, 0.25) is 5.02 Å². The van der Waals surface area contributed by atoms with Gasteiger partial charge in [-0.1, -0.05) is 22.9 Å². The number of rotatable bonds is 4. The summed E-state index contributed by atoms with van der Waals surface area (Å²) in [5.74, 6) is -0.211. The number of carbonyl (C=O) groups is 1. The average molecular weight is 266 g/mol. The van der Waals surface area contributed by atoms with E-state index in [0.29, 0.717) is 16.4 Å². The molecule has 0 aliphatic rings. The first kappa shape index (κ1) is 12.5. The third kappa shape index (κ3) is 3.06. The van der Waals surface area contributed by atoms with Crippen molar-refractivity contribution in [1.82, 2.24) is 15.0 Å². The molecule has 3 N–H and O–H groups in total. The molecule has 7 heteroatoms. The summed E-state index contributed by atoms with van der Waals surface area (Å²) in [5.41, 5.74) is 6.84. The third-order valence-electron chi connectivity index (χ3n) is 2.31. The van der Waals surface area contributed by atoms with Crippen molar-refractivity contribution in [2.75, 3.05) is 5.32 Å². The quantitative estimate of drug-likeness (QED) is 0.865. The number of hydrogen-bond donors (Lipinski definition) is 2. The smallest absolute Gasteiger partial charge is 0.246 e. The molecule has 1 heterocycles. The van der Waals surface area contributed by atoms with Crippen LogP contribution in [0, 0.1) is 0 Å². The van der Waals surface area contributed by atoms with Gasteiger partial charge in [-0.25, -0.2) is 4.68 Å². The van der Waals surface area contributed by atoms with Gasteiger partial charge < -0.3 is 11.1 Å². The van der Waals surface area contributed by atoms with Crippen molar-refractivity contribution >= 4 is 23.2 Å². The molecule has 18 heavy (non-hydrogen) atoms. The Hall–Kier alpha value is -1.92. The molecule has 0 bridgehead atoms. The number of halogens is 1. The van der Waals surface area contributed by atoms with E-state index in [1.54, 1.807) is 24.3 Å². The van der Waals surface area contributed by atoms with Gasteiger partial charge in [-0.2, -0.15) is 0 Å². The molecule has 0 aliphatic heterocycles. The molecule has 2 rings (SSSR count). The second kappa shape index (κ2) is 5.61. The van der Waals surface area contributed by atoms with Gasteiger partial charge >= 0.3 is 0 Å². The van der Waals surface area contributed by atoms with E-state index in [-0.39, 0.29) is 19.0 Å². The van der Waals surface area contributed by atoms with Gasteiger partial charge in [-0.3, -0.25) is 4.79 Å². The van der Waals surface area contributed by atoms with E-state index in [2.05, 4.69) is 15.6 Å². The number of nitrogens with zero attached hydrogens (tertiary/aromatic N) is 3. The summed E-state index contributed by atoms with van der Waals surface area (Å²) in [6.07, 6.45) is 1.53. The SMILES string of the molecule is NCc1cnnn1CC(=O)Nc1cccc(Cl)c1. The molecule has 0 saturated carbocycles. The summed E-state index contributed by atoms with van der Waals surface area (Å²) in [5, 5.41) is 10.8. The van der Waals surface area contributed by atoms with Crippen molar-refractivity contribution in [1.29, 1.82) is 0 Å². The van der Waals surface area contributed by atoms with Crippen LogP contribution in [0.3, 0.4) is 0 Å². The minimum absolute atomic E-state index is 0.0685. The predicted molar refractivity (Wildman–Crippen MR) is 68.0 cm³/mol. The summed E-state index contributed by atoms with van der Waals surface area (Å²) in [4.78, 5) is 11.8. The first-order chi connectivity index (χ1) is 8.69. The van der Waals surface area contributed by atoms with Gasteiger partial charge in [0, 0.05) is 17.3 Å². The number of aromatic nitrogens is 3. The first-order valence-electron chi connectivity index (χ1n) is 5.32. The molecule has 1 aromatic heterocycles. The van der Waals surface area contributed by atoms with Crippen molar-refractivity contribution in [2.24, 2.45) is 5.73 Å². The Labute approximate surface area is 109 Å². The van der Waals surface area contributed by atoms with Crippen LogP contribution in [0.1, 0.15) is 5.69 Å². The Bertz CT molecular complexity index is 554. The summed E-state index contributed by atoms with van der Waals surface area (Å²) < 4.78 is 1.46. The molecule has 0 spiro atoms. The van der Waals surface area contributed by atoms with Gasteiger partial charge in [-0.15, -0.1) is 5.10 Å². The summed E-state index contributed by atoms with van der Waals surface area (Å²) in [6.45, 7) is 0.358. The van der Waals surface area contributed by atoms with E-state index >= 15 is 0 Å². The molecule has 0 aliphatic carbocycles. The first-order valence-corrected chi connectivity index (χ1v) is 5.69. The average Bonchev–Trinajstić information content (AvgIpc) is 2.76. The van der Waals surface area contributed by atoms with Crippen LogP contribution in [-0.4, -0.2) is 20.9 Å². The van der Waals surface area contributed by atoms with E-state index in [1.807, 2.05) is 0 Å².